The Kier molecular flexibility index (Phi) is 6.88. The number of carbonyl (C=O) groups excluding carboxylic acids is 1. The molecule has 2 aromatic carbocycles. The third-order valence-electron chi connectivity index (χ3n) is 5.55. The van der Waals surface area contributed by atoms with Crippen molar-refractivity contribution in [3.8, 4) is 11.5 Å². The van der Waals surface area contributed by atoms with Crippen LogP contribution in [0.15, 0.2) is 48.8 Å². The molecule has 1 atom stereocenters. The summed E-state index contributed by atoms with van der Waals surface area (Å²) in [4.78, 5) is 12.7. The molecule has 0 amide bonds. The number of ketones is 1. The van der Waals surface area contributed by atoms with Gasteiger partial charge in [-0.2, -0.15) is 0 Å². The van der Waals surface area contributed by atoms with Crippen LogP contribution in [0.4, 0.5) is 0 Å². The number of imidazole rings is 1. The van der Waals surface area contributed by atoms with Crippen LogP contribution in [0.5, 0.6) is 11.5 Å². The molecule has 30 heavy (non-hydrogen) atoms. The predicted octanol–water partition coefficient (Wildman–Crippen LogP) is 0.945. The van der Waals surface area contributed by atoms with E-state index in [1.54, 1.807) is 19.2 Å². The number of methoxy groups -OCH3 is 1. The molecular formula is C23H24BrClN2O3. The third-order valence-corrected chi connectivity index (χ3v) is 5.79. The Morgan fingerprint density at radius 3 is 2.67 bits per heavy atom. The molecule has 0 radical (unpaired) electrons. The molecule has 1 aromatic heterocycles. The Labute approximate surface area is 192 Å². The van der Waals surface area contributed by atoms with Crippen molar-refractivity contribution in [1.29, 1.82) is 0 Å². The maximum absolute atomic E-state index is 12.7. The van der Waals surface area contributed by atoms with Crippen molar-refractivity contribution in [2.45, 2.75) is 39.5 Å². The Morgan fingerprint density at radius 1 is 1.23 bits per heavy atom. The smallest absolute Gasteiger partial charge is 0.244 e. The number of aromatic nitrogens is 2. The topological polar surface area (TPSA) is 44.3 Å². The molecule has 2 heterocycles. The summed E-state index contributed by atoms with van der Waals surface area (Å²) in [5.41, 5.74) is 4.02. The van der Waals surface area contributed by atoms with Crippen LogP contribution in [0.1, 0.15) is 27.3 Å². The summed E-state index contributed by atoms with van der Waals surface area (Å²) in [6.07, 6.45) is 2.89. The van der Waals surface area contributed by atoms with Crippen molar-refractivity contribution in [3.05, 3.63) is 76.3 Å². The second kappa shape index (κ2) is 9.23. The first-order valence-corrected chi connectivity index (χ1v) is 10.0. The highest BCUT2D eigenvalue weighted by Crippen LogP contribution is 2.31. The van der Waals surface area contributed by atoms with E-state index in [4.69, 9.17) is 21.1 Å². The summed E-state index contributed by atoms with van der Waals surface area (Å²) in [5.74, 6) is 1.71. The Hall–Kier alpha value is -2.31. The van der Waals surface area contributed by atoms with Crippen LogP contribution in [0.2, 0.25) is 5.02 Å². The molecule has 4 rings (SSSR count). The van der Waals surface area contributed by atoms with E-state index >= 15 is 0 Å². The van der Waals surface area contributed by atoms with Crippen molar-refractivity contribution in [1.82, 2.24) is 4.57 Å². The van der Waals surface area contributed by atoms with Gasteiger partial charge in [-0.3, -0.25) is 4.79 Å². The number of fused-ring (bicyclic) bond motifs is 1. The summed E-state index contributed by atoms with van der Waals surface area (Å²) in [5, 5.41) is 0.732. The zero-order valence-corrected chi connectivity index (χ0v) is 19.5. The molecule has 0 saturated carbocycles. The molecule has 7 heteroatoms. The van der Waals surface area contributed by atoms with Crippen LogP contribution in [0, 0.1) is 13.8 Å². The minimum Gasteiger partial charge on any atom is -1.00 e. The summed E-state index contributed by atoms with van der Waals surface area (Å²) < 4.78 is 15.4. The lowest BCUT2D eigenvalue weighted by atomic mass is 10.1. The van der Waals surface area contributed by atoms with Crippen molar-refractivity contribution < 1.29 is 35.8 Å². The number of rotatable bonds is 6. The van der Waals surface area contributed by atoms with Crippen molar-refractivity contribution in [2.24, 2.45) is 0 Å². The summed E-state index contributed by atoms with van der Waals surface area (Å²) in [6, 6.07) is 13.0. The molecule has 0 bridgehead atoms. The standard InChI is InChI=1S/C23H24ClN2O3.BrH/c1-15-16(2)26(13-22(27)17-4-7-20(28-3)8-5-17)14-25(15)12-21-11-18-10-19(24)6-9-23(18)29-21;/h4-10,14,21H,11-13H2,1-3H3;1H/q+1;/p-1. The zero-order chi connectivity index (χ0) is 20.5. The lowest BCUT2D eigenvalue weighted by Crippen LogP contribution is -3.00. The lowest BCUT2D eigenvalue weighted by molar-refractivity contribution is -0.688. The normalized spacial score (nSPS) is 14.6. The first-order chi connectivity index (χ1) is 13.9. The van der Waals surface area contributed by atoms with E-state index in [0.717, 1.165) is 46.4 Å². The molecule has 1 unspecified atom stereocenters. The highest BCUT2D eigenvalue weighted by atomic mass is 79.9. The van der Waals surface area contributed by atoms with Gasteiger partial charge in [0, 0.05) is 30.9 Å². The molecule has 0 fully saturated rings. The third kappa shape index (κ3) is 4.55. The summed E-state index contributed by atoms with van der Waals surface area (Å²) in [7, 11) is 1.61. The molecule has 1 aliphatic rings. The van der Waals surface area contributed by atoms with Gasteiger partial charge in [0.1, 0.15) is 35.5 Å². The minimum atomic E-state index is 0. The number of halogens is 2. The van der Waals surface area contributed by atoms with Crippen molar-refractivity contribution in [2.75, 3.05) is 7.11 Å². The number of nitrogens with zero attached hydrogens (tertiary/aromatic N) is 2. The van der Waals surface area contributed by atoms with Gasteiger partial charge in [-0.25, -0.2) is 9.13 Å². The molecule has 0 aliphatic carbocycles. The largest absolute Gasteiger partial charge is 1.00 e. The number of carbonyl (C=O) groups is 1. The molecule has 0 N–H and O–H groups in total. The molecule has 1 aliphatic heterocycles. The quantitative estimate of drug-likeness (QED) is 0.381. The van der Waals surface area contributed by atoms with E-state index in [1.165, 1.54) is 0 Å². The van der Waals surface area contributed by atoms with Crippen LogP contribution in [-0.4, -0.2) is 23.6 Å². The van der Waals surface area contributed by atoms with E-state index in [2.05, 4.69) is 11.5 Å². The van der Waals surface area contributed by atoms with Gasteiger partial charge < -0.3 is 26.5 Å². The van der Waals surface area contributed by atoms with Crippen LogP contribution in [-0.2, 0) is 19.5 Å². The van der Waals surface area contributed by atoms with Crippen LogP contribution >= 0.6 is 11.6 Å². The predicted molar refractivity (Wildman–Crippen MR) is 111 cm³/mol. The molecular weight excluding hydrogens is 468 g/mol. The van der Waals surface area contributed by atoms with E-state index in [1.807, 2.05) is 48.1 Å². The van der Waals surface area contributed by atoms with Gasteiger partial charge in [-0.15, -0.1) is 0 Å². The fraction of sp³-hybridized carbons (Fsp3) is 0.304. The SMILES string of the molecule is COc1ccc(C(=O)C[n+]2cn(CC3Cc4cc(Cl)ccc4O3)c(C)c2C)cc1.[Br-]. The van der Waals surface area contributed by atoms with Crippen molar-refractivity contribution in [3.63, 3.8) is 0 Å². The second-order valence-corrected chi connectivity index (χ2v) is 7.85. The maximum atomic E-state index is 12.7. The molecule has 5 nitrogen and oxygen atoms in total. The van der Waals surface area contributed by atoms with E-state index in [0.29, 0.717) is 12.1 Å². The number of benzene rings is 2. The van der Waals surface area contributed by atoms with Gasteiger partial charge in [0.05, 0.1) is 7.11 Å². The van der Waals surface area contributed by atoms with Crippen LogP contribution in [0.3, 0.4) is 0 Å². The molecule has 158 valence electrons. The van der Waals surface area contributed by atoms with Gasteiger partial charge >= 0.3 is 0 Å². The summed E-state index contributed by atoms with van der Waals surface area (Å²) in [6.45, 7) is 5.13. The molecule has 3 aromatic rings. The maximum Gasteiger partial charge on any atom is 0.244 e. The van der Waals surface area contributed by atoms with Gasteiger partial charge in [0.25, 0.3) is 0 Å². The monoisotopic (exact) mass is 490 g/mol. The van der Waals surface area contributed by atoms with Gasteiger partial charge in [-0.05, 0) is 48.0 Å². The second-order valence-electron chi connectivity index (χ2n) is 7.41. The fourth-order valence-corrected chi connectivity index (χ4v) is 3.93. The summed E-state index contributed by atoms with van der Waals surface area (Å²) >= 11 is 6.09. The van der Waals surface area contributed by atoms with E-state index in [9.17, 15) is 4.79 Å². The van der Waals surface area contributed by atoms with Gasteiger partial charge in [-0.1, -0.05) is 11.6 Å². The highest BCUT2D eigenvalue weighted by molar-refractivity contribution is 6.30. The Bertz CT molecular complexity index is 1060. The fourth-order valence-electron chi connectivity index (χ4n) is 3.73. The average molecular weight is 492 g/mol. The number of hydrogen-bond donors (Lipinski definition) is 0. The van der Waals surface area contributed by atoms with Gasteiger partial charge in [0.2, 0.25) is 12.1 Å². The Morgan fingerprint density at radius 2 is 1.97 bits per heavy atom. The van der Waals surface area contributed by atoms with Crippen LogP contribution < -0.4 is 31.0 Å². The number of hydrogen-bond acceptors (Lipinski definition) is 3. The average Bonchev–Trinajstić information content (AvgIpc) is 3.23. The van der Waals surface area contributed by atoms with Crippen molar-refractivity contribution >= 4 is 17.4 Å². The minimum absolute atomic E-state index is 0. The Balaban J connectivity index is 0.00000256. The van der Waals surface area contributed by atoms with E-state index in [-0.39, 0.29) is 28.9 Å². The first-order valence-electron chi connectivity index (χ1n) is 9.62. The number of Topliss-reactive ketones (excluding diaryl/α,β-unsaturated/α-hetero) is 1. The molecule has 0 saturated heterocycles. The molecule has 0 spiro atoms. The number of ether oxygens (including phenoxy) is 2. The van der Waals surface area contributed by atoms with Gasteiger partial charge in [0.15, 0.2) is 6.54 Å². The highest BCUT2D eigenvalue weighted by Gasteiger charge is 2.28. The first kappa shape index (κ1) is 22.4. The van der Waals surface area contributed by atoms with E-state index < -0.39 is 0 Å². The lowest BCUT2D eigenvalue weighted by Gasteiger charge is -2.08. The van der Waals surface area contributed by atoms with Crippen LogP contribution in [0.25, 0.3) is 0 Å². The zero-order valence-electron chi connectivity index (χ0n) is 17.2.